The Morgan fingerprint density at radius 2 is 2.31 bits per heavy atom. The normalized spacial score (nSPS) is 27.2. The minimum absolute atomic E-state index is 0.456. The van der Waals surface area contributed by atoms with Crippen molar-refractivity contribution in [3.63, 3.8) is 0 Å². The lowest BCUT2D eigenvalue weighted by molar-refractivity contribution is 0.0962. The van der Waals surface area contributed by atoms with Gasteiger partial charge in [-0.2, -0.15) is 4.80 Å². The molecule has 1 aromatic heterocycles. The van der Waals surface area contributed by atoms with Gasteiger partial charge >= 0.3 is 0 Å². The summed E-state index contributed by atoms with van der Waals surface area (Å²) < 4.78 is 0. The molecule has 0 radical (unpaired) electrons. The van der Waals surface area contributed by atoms with Gasteiger partial charge in [-0.1, -0.05) is 6.92 Å². The molecular formula is C10H20N6. The first-order valence-electron chi connectivity index (χ1n) is 5.87. The van der Waals surface area contributed by atoms with E-state index >= 15 is 0 Å². The highest BCUT2D eigenvalue weighted by atomic mass is 15.6. The van der Waals surface area contributed by atoms with Crippen molar-refractivity contribution in [1.82, 2.24) is 25.1 Å². The number of hydrogen-bond acceptors (Lipinski definition) is 5. The second-order valence-electron chi connectivity index (χ2n) is 4.59. The first-order valence-corrected chi connectivity index (χ1v) is 5.87. The maximum absolute atomic E-state index is 5.84. The molecule has 1 aliphatic rings. The predicted octanol–water partition coefficient (Wildman–Crippen LogP) is -0.231. The first-order chi connectivity index (χ1) is 7.70. The maximum atomic E-state index is 5.84. The molecule has 0 aliphatic carbocycles. The van der Waals surface area contributed by atoms with Crippen molar-refractivity contribution in [2.75, 3.05) is 13.1 Å². The summed E-state index contributed by atoms with van der Waals surface area (Å²) in [6, 6.07) is 0.456. The number of tetrazole rings is 1. The zero-order valence-corrected chi connectivity index (χ0v) is 10.0. The SMILES string of the molecule is CC1CCCN(Cc2nnn(C)n2)C1CN. The van der Waals surface area contributed by atoms with E-state index in [1.165, 1.54) is 17.6 Å². The van der Waals surface area contributed by atoms with Crippen molar-refractivity contribution >= 4 is 0 Å². The van der Waals surface area contributed by atoms with Crippen molar-refractivity contribution in [2.24, 2.45) is 18.7 Å². The summed E-state index contributed by atoms with van der Waals surface area (Å²) in [6.07, 6.45) is 2.50. The van der Waals surface area contributed by atoms with Gasteiger partial charge in [0.1, 0.15) is 0 Å². The largest absolute Gasteiger partial charge is 0.329 e. The lowest BCUT2D eigenvalue weighted by Crippen LogP contribution is -2.48. The minimum atomic E-state index is 0.456. The van der Waals surface area contributed by atoms with Crippen LogP contribution in [0.3, 0.4) is 0 Å². The van der Waals surface area contributed by atoms with Crippen LogP contribution in [0.15, 0.2) is 0 Å². The van der Waals surface area contributed by atoms with Gasteiger partial charge in [-0.05, 0) is 30.5 Å². The van der Waals surface area contributed by atoms with Gasteiger partial charge in [0.2, 0.25) is 0 Å². The van der Waals surface area contributed by atoms with Crippen LogP contribution in [0, 0.1) is 5.92 Å². The number of aromatic nitrogens is 4. The number of piperidine rings is 1. The molecule has 0 aromatic carbocycles. The number of rotatable bonds is 3. The van der Waals surface area contributed by atoms with Crippen LogP contribution in [0.2, 0.25) is 0 Å². The zero-order chi connectivity index (χ0) is 11.5. The standard InChI is InChI=1S/C10H20N6/c1-8-4-3-5-16(9(8)6-11)7-10-12-14-15(2)13-10/h8-9H,3-7,11H2,1-2H3. The van der Waals surface area contributed by atoms with Gasteiger partial charge < -0.3 is 5.73 Å². The molecule has 0 spiro atoms. The zero-order valence-electron chi connectivity index (χ0n) is 10.0. The summed E-state index contributed by atoms with van der Waals surface area (Å²) in [5.41, 5.74) is 5.84. The Hall–Kier alpha value is -1.01. The maximum Gasteiger partial charge on any atom is 0.188 e. The Balaban J connectivity index is 2.02. The fourth-order valence-electron chi connectivity index (χ4n) is 2.48. The Morgan fingerprint density at radius 1 is 1.50 bits per heavy atom. The van der Waals surface area contributed by atoms with E-state index in [0.717, 1.165) is 18.9 Å². The molecule has 1 fully saturated rings. The van der Waals surface area contributed by atoms with Crippen LogP contribution in [0.25, 0.3) is 0 Å². The van der Waals surface area contributed by atoms with E-state index in [2.05, 4.69) is 27.2 Å². The number of nitrogens with zero attached hydrogens (tertiary/aromatic N) is 5. The van der Waals surface area contributed by atoms with E-state index in [4.69, 9.17) is 5.73 Å². The Morgan fingerprint density at radius 3 is 2.94 bits per heavy atom. The third-order valence-electron chi connectivity index (χ3n) is 3.37. The molecule has 1 aliphatic heterocycles. The lowest BCUT2D eigenvalue weighted by atomic mass is 9.91. The van der Waals surface area contributed by atoms with E-state index in [1.54, 1.807) is 7.05 Å². The fraction of sp³-hybridized carbons (Fsp3) is 0.900. The van der Waals surface area contributed by atoms with Gasteiger partial charge in [0.05, 0.1) is 13.6 Å². The number of aryl methyl sites for hydroxylation is 1. The van der Waals surface area contributed by atoms with Crippen LogP contribution in [0.1, 0.15) is 25.6 Å². The van der Waals surface area contributed by atoms with Gasteiger partial charge in [0.25, 0.3) is 0 Å². The van der Waals surface area contributed by atoms with Gasteiger partial charge in [0, 0.05) is 12.6 Å². The molecule has 6 nitrogen and oxygen atoms in total. The molecule has 0 saturated carbocycles. The highest BCUT2D eigenvalue weighted by Gasteiger charge is 2.28. The van der Waals surface area contributed by atoms with E-state index in [-0.39, 0.29) is 0 Å². The summed E-state index contributed by atoms with van der Waals surface area (Å²) in [5, 5.41) is 12.1. The summed E-state index contributed by atoms with van der Waals surface area (Å²) in [7, 11) is 1.79. The highest BCUT2D eigenvalue weighted by Crippen LogP contribution is 2.23. The third kappa shape index (κ3) is 2.38. The summed E-state index contributed by atoms with van der Waals surface area (Å²) in [6.45, 7) is 4.83. The number of nitrogens with two attached hydrogens (primary N) is 1. The minimum Gasteiger partial charge on any atom is -0.329 e. The predicted molar refractivity (Wildman–Crippen MR) is 60.4 cm³/mol. The molecule has 1 aromatic rings. The smallest absolute Gasteiger partial charge is 0.188 e. The second-order valence-corrected chi connectivity index (χ2v) is 4.59. The molecule has 2 atom stereocenters. The van der Waals surface area contributed by atoms with Gasteiger partial charge in [-0.3, -0.25) is 4.90 Å². The van der Waals surface area contributed by atoms with Crippen molar-refractivity contribution in [3.05, 3.63) is 5.82 Å². The van der Waals surface area contributed by atoms with Crippen molar-refractivity contribution < 1.29 is 0 Å². The summed E-state index contributed by atoms with van der Waals surface area (Å²) >= 11 is 0. The van der Waals surface area contributed by atoms with Crippen LogP contribution >= 0.6 is 0 Å². The third-order valence-corrected chi connectivity index (χ3v) is 3.37. The first kappa shape index (κ1) is 11.5. The number of likely N-dealkylation sites (tertiary alicyclic amines) is 1. The van der Waals surface area contributed by atoms with E-state index < -0.39 is 0 Å². The van der Waals surface area contributed by atoms with E-state index in [0.29, 0.717) is 18.5 Å². The molecule has 90 valence electrons. The Bertz CT molecular complexity index is 336. The van der Waals surface area contributed by atoms with E-state index in [9.17, 15) is 0 Å². The molecule has 2 unspecified atom stereocenters. The average Bonchev–Trinajstić information content (AvgIpc) is 2.64. The van der Waals surface area contributed by atoms with Crippen molar-refractivity contribution in [1.29, 1.82) is 0 Å². The molecule has 0 amide bonds. The summed E-state index contributed by atoms with van der Waals surface area (Å²) in [4.78, 5) is 3.88. The molecule has 2 heterocycles. The summed E-state index contributed by atoms with van der Waals surface area (Å²) in [5.74, 6) is 1.45. The number of hydrogen-bond donors (Lipinski definition) is 1. The second kappa shape index (κ2) is 4.88. The topological polar surface area (TPSA) is 72.9 Å². The lowest BCUT2D eigenvalue weighted by Gasteiger charge is -2.38. The Kier molecular flexibility index (Phi) is 3.50. The van der Waals surface area contributed by atoms with Gasteiger partial charge in [-0.15, -0.1) is 10.2 Å². The van der Waals surface area contributed by atoms with E-state index in [1.807, 2.05) is 0 Å². The van der Waals surface area contributed by atoms with Crippen LogP contribution in [0.4, 0.5) is 0 Å². The molecular weight excluding hydrogens is 204 g/mol. The van der Waals surface area contributed by atoms with Crippen molar-refractivity contribution in [2.45, 2.75) is 32.4 Å². The molecule has 1 saturated heterocycles. The molecule has 0 bridgehead atoms. The van der Waals surface area contributed by atoms with Crippen molar-refractivity contribution in [3.8, 4) is 0 Å². The van der Waals surface area contributed by atoms with Gasteiger partial charge in [0.15, 0.2) is 5.82 Å². The molecule has 2 rings (SSSR count). The average molecular weight is 224 g/mol. The van der Waals surface area contributed by atoms with Crippen LogP contribution in [-0.2, 0) is 13.6 Å². The molecule has 16 heavy (non-hydrogen) atoms. The fourth-order valence-corrected chi connectivity index (χ4v) is 2.48. The van der Waals surface area contributed by atoms with Crippen LogP contribution in [-0.4, -0.2) is 44.2 Å². The van der Waals surface area contributed by atoms with Gasteiger partial charge in [-0.25, -0.2) is 0 Å². The van der Waals surface area contributed by atoms with Crippen LogP contribution in [0.5, 0.6) is 0 Å². The monoisotopic (exact) mass is 224 g/mol. The molecule has 6 heteroatoms. The molecule has 2 N–H and O–H groups in total. The quantitative estimate of drug-likeness (QED) is 0.767. The Labute approximate surface area is 95.8 Å². The highest BCUT2D eigenvalue weighted by molar-refractivity contribution is 4.87. The van der Waals surface area contributed by atoms with Crippen LogP contribution < -0.4 is 5.73 Å².